The molecule has 140 valence electrons. The van der Waals surface area contributed by atoms with Crippen molar-refractivity contribution in [3.8, 4) is 0 Å². The molecule has 1 aliphatic rings. The van der Waals surface area contributed by atoms with Crippen LogP contribution in [0.5, 0.6) is 0 Å². The summed E-state index contributed by atoms with van der Waals surface area (Å²) in [6.07, 6.45) is -0.562. The van der Waals surface area contributed by atoms with Gasteiger partial charge in [0, 0.05) is 5.92 Å². The fraction of sp³-hybridized carbons (Fsp3) is 0.889. The first-order valence-corrected chi connectivity index (χ1v) is 11.7. The monoisotopic (exact) mass is 357 g/mol. The lowest BCUT2D eigenvalue weighted by Gasteiger charge is -2.38. The fourth-order valence-electron chi connectivity index (χ4n) is 2.45. The van der Waals surface area contributed by atoms with Crippen molar-refractivity contribution in [2.24, 2.45) is 11.8 Å². The third-order valence-electron chi connectivity index (χ3n) is 5.37. The Bertz CT molecular complexity index is 490. The minimum Gasteiger partial charge on any atom is -0.443 e. The van der Waals surface area contributed by atoms with Gasteiger partial charge in [0.25, 0.3) is 0 Å². The number of carbonyl (C=O) groups is 2. The predicted octanol–water partition coefficient (Wildman–Crippen LogP) is 4.43. The lowest BCUT2D eigenvalue weighted by Crippen LogP contribution is -2.49. The first kappa shape index (κ1) is 21.2. The zero-order valence-electron chi connectivity index (χ0n) is 17.0. The van der Waals surface area contributed by atoms with Gasteiger partial charge in [-0.2, -0.15) is 0 Å². The summed E-state index contributed by atoms with van der Waals surface area (Å²) >= 11 is 0. The van der Waals surface area contributed by atoms with Crippen molar-refractivity contribution < 1.29 is 18.8 Å². The van der Waals surface area contributed by atoms with Gasteiger partial charge in [0.15, 0.2) is 8.32 Å². The van der Waals surface area contributed by atoms with Gasteiger partial charge in [-0.05, 0) is 44.8 Å². The van der Waals surface area contributed by atoms with Crippen molar-refractivity contribution in [1.82, 2.24) is 4.90 Å². The van der Waals surface area contributed by atoms with E-state index in [0.717, 1.165) is 0 Å². The third-order valence-corrected chi connectivity index (χ3v) is 9.87. The van der Waals surface area contributed by atoms with Crippen LogP contribution in [0.3, 0.4) is 0 Å². The maximum absolute atomic E-state index is 12.6. The molecule has 6 heteroatoms. The van der Waals surface area contributed by atoms with Gasteiger partial charge in [-0.25, -0.2) is 9.69 Å². The average Bonchev–Trinajstić information content (AvgIpc) is 2.57. The highest BCUT2D eigenvalue weighted by Gasteiger charge is 2.49. The number of rotatable bonds is 3. The van der Waals surface area contributed by atoms with Crippen LogP contribution in [0.25, 0.3) is 0 Å². The summed E-state index contributed by atoms with van der Waals surface area (Å²) in [7, 11) is -1.95. The zero-order chi connectivity index (χ0) is 19.1. The summed E-state index contributed by atoms with van der Waals surface area (Å²) in [5.74, 6) is -0.319. The highest BCUT2D eigenvalue weighted by molar-refractivity contribution is 6.74. The van der Waals surface area contributed by atoms with E-state index in [1.54, 1.807) is 20.8 Å². The molecule has 0 radical (unpaired) electrons. The fourth-order valence-corrected chi connectivity index (χ4v) is 3.47. The molecule has 1 saturated heterocycles. The summed E-state index contributed by atoms with van der Waals surface area (Å²) in [5, 5.41) is 0.0845. The molecule has 0 aromatic carbocycles. The Morgan fingerprint density at radius 1 is 1.12 bits per heavy atom. The summed E-state index contributed by atoms with van der Waals surface area (Å²) in [5.41, 5.74) is -0.628. The first-order chi connectivity index (χ1) is 10.6. The van der Waals surface area contributed by atoms with Gasteiger partial charge in [-0.1, -0.05) is 34.6 Å². The van der Waals surface area contributed by atoms with Gasteiger partial charge in [0.2, 0.25) is 5.91 Å². The van der Waals surface area contributed by atoms with Crippen LogP contribution >= 0.6 is 0 Å². The molecule has 0 bridgehead atoms. The van der Waals surface area contributed by atoms with E-state index < -0.39 is 20.0 Å². The minimum atomic E-state index is -1.95. The molecule has 1 rings (SSSR count). The second-order valence-electron chi connectivity index (χ2n) is 9.48. The molecule has 0 unspecified atom stereocenters. The molecular weight excluding hydrogens is 322 g/mol. The summed E-state index contributed by atoms with van der Waals surface area (Å²) in [4.78, 5) is 26.4. The molecule has 3 atom stereocenters. The van der Waals surface area contributed by atoms with Gasteiger partial charge in [0.1, 0.15) is 5.60 Å². The van der Waals surface area contributed by atoms with Crippen LogP contribution in [0.1, 0.15) is 55.4 Å². The zero-order valence-corrected chi connectivity index (χ0v) is 18.0. The molecule has 0 spiro atoms. The number of amides is 2. The third kappa shape index (κ3) is 4.60. The lowest BCUT2D eigenvalue weighted by molar-refractivity contribution is -0.131. The maximum Gasteiger partial charge on any atom is 0.417 e. The van der Waals surface area contributed by atoms with Crippen molar-refractivity contribution in [3.05, 3.63) is 0 Å². The van der Waals surface area contributed by atoms with E-state index in [1.807, 2.05) is 13.8 Å². The van der Waals surface area contributed by atoms with Crippen LogP contribution in [-0.4, -0.2) is 43.5 Å². The van der Waals surface area contributed by atoms with Crippen LogP contribution in [0, 0.1) is 11.8 Å². The van der Waals surface area contributed by atoms with Crippen LogP contribution in [-0.2, 0) is 14.0 Å². The van der Waals surface area contributed by atoms with Crippen molar-refractivity contribution >= 4 is 20.3 Å². The first-order valence-electron chi connectivity index (χ1n) is 8.78. The topological polar surface area (TPSA) is 55.8 Å². The van der Waals surface area contributed by atoms with Gasteiger partial charge in [0.05, 0.1) is 12.6 Å². The Morgan fingerprint density at radius 2 is 1.62 bits per heavy atom. The number of likely N-dealkylation sites (tertiary alicyclic amines) is 1. The Labute approximate surface area is 148 Å². The van der Waals surface area contributed by atoms with Crippen LogP contribution in [0.15, 0.2) is 0 Å². The molecule has 1 fully saturated rings. The molecule has 0 aromatic rings. The second kappa shape index (κ2) is 6.79. The molecule has 24 heavy (non-hydrogen) atoms. The van der Waals surface area contributed by atoms with E-state index in [0.29, 0.717) is 6.61 Å². The number of ether oxygens (including phenoxy) is 1. The van der Waals surface area contributed by atoms with E-state index in [9.17, 15) is 9.59 Å². The van der Waals surface area contributed by atoms with Gasteiger partial charge < -0.3 is 9.16 Å². The van der Waals surface area contributed by atoms with Crippen molar-refractivity contribution in [1.29, 1.82) is 0 Å². The predicted molar refractivity (Wildman–Crippen MR) is 98.3 cm³/mol. The number of carbonyl (C=O) groups excluding carboxylic acids is 2. The van der Waals surface area contributed by atoms with E-state index >= 15 is 0 Å². The summed E-state index contributed by atoms with van der Waals surface area (Å²) < 4.78 is 11.7. The molecule has 1 aliphatic heterocycles. The van der Waals surface area contributed by atoms with Crippen molar-refractivity contribution in [2.45, 2.75) is 85.2 Å². The number of hydrogen-bond acceptors (Lipinski definition) is 4. The lowest BCUT2D eigenvalue weighted by atomic mass is 9.94. The van der Waals surface area contributed by atoms with E-state index in [-0.39, 0.29) is 28.8 Å². The number of nitrogens with zero attached hydrogens (tertiary/aromatic N) is 1. The Morgan fingerprint density at radius 3 is 2.04 bits per heavy atom. The molecule has 0 N–H and O–H groups in total. The molecule has 0 aromatic heterocycles. The second-order valence-corrected chi connectivity index (χ2v) is 14.3. The molecule has 2 amide bonds. The maximum atomic E-state index is 12.6. The summed E-state index contributed by atoms with van der Waals surface area (Å²) in [6.45, 7) is 20.6. The molecular formula is C18H35NO4Si. The molecule has 1 heterocycles. The highest BCUT2D eigenvalue weighted by Crippen LogP contribution is 2.38. The number of imide groups is 1. The largest absolute Gasteiger partial charge is 0.443 e. The van der Waals surface area contributed by atoms with Crippen LogP contribution in [0.4, 0.5) is 4.79 Å². The van der Waals surface area contributed by atoms with E-state index in [1.165, 1.54) is 4.90 Å². The Hall–Kier alpha value is -0.883. The Kier molecular flexibility index (Phi) is 5.98. The summed E-state index contributed by atoms with van der Waals surface area (Å²) in [6, 6.07) is -0.267. The SMILES string of the molecule is C[C@H]1[C@H](C)C(=O)N(C(=O)OC(C)(C)C)[C@@H]1CO[Si](C)(C)C(C)(C)C. The Balaban J connectivity index is 2.96. The molecule has 0 saturated carbocycles. The number of hydrogen-bond donors (Lipinski definition) is 0. The normalized spacial score (nSPS) is 26.0. The van der Waals surface area contributed by atoms with Crippen LogP contribution < -0.4 is 0 Å². The van der Waals surface area contributed by atoms with Gasteiger partial charge in [-0.3, -0.25) is 4.79 Å². The van der Waals surface area contributed by atoms with Crippen molar-refractivity contribution in [2.75, 3.05) is 6.61 Å². The highest BCUT2D eigenvalue weighted by atomic mass is 28.4. The van der Waals surface area contributed by atoms with Gasteiger partial charge in [-0.15, -0.1) is 0 Å². The smallest absolute Gasteiger partial charge is 0.417 e. The van der Waals surface area contributed by atoms with Gasteiger partial charge >= 0.3 is 6.09 Å². The van der Waals surface area contributed by atoms with Crippen LogP contribution in [0.2, 0.25) is 18.1 Å². The van der Waals surface area contributed by atoms with E-state index in [4.69, 9.17) is 9.16 Å². The van der Waals surface area contributed by atoms with E-state index in [2.05, 4.69) is 33.9 Å². The molecule has 0 aliphatic carbocycles. The quantitative estimate of drug-likeness (QED) is 0.701. The van der Waals surface area contributed by atoms with Crippen molar-refractivity contribution in [3.63, 3.8) is 0 Å². The standard InChI is InChI=1S/C18H35NO4Si/c1-12-13(2)15(20)19(16(21)23-17(3,4)5)14(12)11-22-24(9,10)18(6,7)8/h12-14H,11H2,1-10H3/t12-,13-,14+/m0/s1. The minimum absolute atomic E-state index is 0.0507. The average molecular weight is 358 g/mol. The molecule has 5 nitrogen and oxygen atoms in total.